The van der Waals surface area contributed by atoms with E-state index in [0.29, 0.717) is 26.1 Å². The van der Waals surface area contributed by atoms with E-state index in [0.717, 1.165) is 16.5 Å². The van der Waals surface area contributed by atoms with E-state index in [1.807, 2.05) is 30.3 Å². The van der Waals surface area contributed by atoms with E-state index in [1.165, 1.54) is 10.4 Å². The van der Waals surface area contributed by atoms with Crippen LogP contribution in [0.25, 0.3) is 17.0 Å². The Balaban J connectivity index is 1.57. The van der Waals surface area contributed by atoms with Gasteiger partial charge in [-0.1, -0.05) is 24.3 Å². The molecule has 24 heavy (non-hydrogen) atoms. The Kier molecular flexibility index (Phi) is 4.92. The van der Waals surface area contributed by atoms with E-state index in [4.69, 9.17) is 0 Å². The molecule has 1 aliphatic rings. The van der Waals surface area contributed by atoms with Gasteiger partial charge >= 0.3 is 0 Å². The summed E-state index contributed by atoms with van der Waals surface area (Å²) in [4.78, 5) is 16.2. The molecule has 0 aliphatic carbocycles. The van der Waals surface area contributed by atoms with Crippen LogP contribution in [-0.2, 0) is 14.8 Å². The molecule has 1 saturated heterocycles. The summed E-state index contributed by atoms with van der Waals surface area (Å²) in [6.07, 6.45) is 5.54. The van der Waals surface area contributed by atoms with Crippen LogP contribution < -0.4 is 5.32 Å². The van der Waals surface area contributed by atoms with Gasteiger partial charge in [0.05, 0.1) is 11.3 Å². The molecule has 3 rings (SSSR count). The van der Waals surface area contributed by atoms with E-state index >= 15 is 0 Å². The molecule has 0 bridgehead atoms. The van der Waals surface area contributed by atoms with Crippen molar-refractivity contribution in [1.29, 1.82) is 0 Å². The normalized spacial score (nSPS) is 17.5. The number of amides is 1. The fourth-order valence-electron chi connectivity index (χ4n) is 2.73. The van der Waals surface area contributed by atoms with Crippen LogP contribution in [0.3, 0.4) is 0 Å². The van der Waals surface area contributed by atoms with Gasteiger partial charge in [0.1, 0.15) is 0 Å². The van der Waals surface area contributed by atoms with Crippen molar-refractivity contribution in [2.45, 2.75) is 6.42 Å². The minimum Gasteiger partial charge on any atom is -0.351 e. The lowest BCUT2D eigenvalue weighted by atomic mass is 10.1. The quantitative estimate of drug-likeness (QED) is 0.831. The molecule has 2 heterocycles. The second kappa shape index (κ2) is 7.11. The molecule has 2 aromatic rings. The zero-order chi connectivity index (χ0) is 17.0. The largest absolute Gasteiger partial charge is 0.351 e. The van der Waals surface area contributed by atoms with E-state index in [-0.39, 0.29) is 11.7 Å². The number of sulfonamides is 1. The van der Waals surface area contributed by atoms with E-state index in [9.17, 15) is 13.2 Å². The topological polar surface area (TPSA) is 79.4 Å². The molecule has 1 N–H and O–H groups in total. The van der Waals surface area contributed by atoms with Crippen LogP contribution in [0.5, 0.6) is 0 Å². The summed E-state index contributed by atoms with van der Waals surface area (Å²) < 4.78 is 24.8. The number of nitrogens with one attached hydrogen (secondary N) is 1. The first-order valence-corrected chi connectivity index (χ1v) is 9.45. The third-order valence-electron chi connectivity index (χ3n) is 3.94. The van der Waals surface area contributed by atoms with Crippen LogP contribution >= 0.6 is 0 Å². The molecule has 0 spiro atoms. The summed E-state index contributed by atoms with van der Waals surface area (Å²) >= 11 is 0. The second-order valence-electron chi connectivity index (χ2n) is 5.62. The number of nitrogens with zero attached hydrogens (tertiary/aromatic N) is 2. The maximum Gasteiger partial charge on any atom is 0.244 e. The van der Waals surface area contributed by atoms with Crippen molar-refractivity contribution >= 4 is 32.9 Å². The highest BCUT2D eigenvalue weighted by molar-refractivity contribution is 7.89. The first-order valence-electron chi connectivity index (χ1n) is 7.84. The van der Waals surface area contributed by atoms with Crippen LogP contribution in [-0.4, -0.2) is 49.0 Å². The molecule has 1 aromatic carbocycles. The average Bonchev–Trinajstić information content (AvgIpc) is 2.91. The summed E-state index contributed by atoms with van der Waals surface area (Å²) in [6.45, 7) is 1.16. The smallest absolute Gasteiger partial charge is 0.244 e. The van der Waals surface area contributed by atoms with Gasteiger partial charge in [-0.15, -0.1) is 0 Å². The highest BCUT2D eigenvalue weighted by atomic mass is 32.2. The lowest BCUT2D eigenvalue weighted by molar-refractivity contribution is -0.116. The van der Waals surface area contributed by atoms with E-state index in [2.05, 4.69) is 10.3 Å². The Bertz CT molecular complexity index is 872. The molecule has 0 saturated carbocycles. The molecule has 0 atom stereocenters. The third-order valence-corrected chi connectivity index (χ3v) is 5.90. The molecular formula is C17H19N3O3S. The van der Waals surface area contributed by atoms with Crippen molar-refractivity contribution in [3.05, 3.63) is 48.2 Å². The monoisotopic (exact) mass is 345 g/mol. The Hall–Kier alpha value is -2.25. The molecule has 0 radical (unpaired) electrons. The zero-order valence-corrected chi connectivity index (χ0v) is 14.0. The summed E-state index contributed by atoms with van der Waals surface area (Å²) in [6, 6.07) is 9.62. The first kappa shape index (κ1) is 16.6. The maximum atomic E-state index is 11.9. The molecule has 6 nitrogen and oxygen atoms in total. The highest BCUT2D eigenvalue weighted by Gasteiger charge is 2.27. The van der Waals surface area contributed by atoms with Crippen LogP contribution in [0.2, 0.25) is 0 Å². The lowest BCUT2D eigenvalue weighted by Crippen LogP contribution is -2.35. The maximum absolute atomic E-state index is 11.9. The van der Waals surface area contributed by atoms with Gasteiger partial charge in [0.2, 0.25) is 15.9 Å². The van der Waals surface area contributed by atoms with Crippen molar-refractivity contribution in [2.75, 3.05) is 25.4 Å². The number of pyridine rings is 1. The molecule has 126 valence electrons. The summed E-state index contributed by atoms with van der Waals surface area (Å²) in [5, 5.41) is 3.73. The Morgan fingerprint density at radius 1 is 1.29 bits per heavy atom. The van der Waals surface area contributed by atoms with Gasteiger partial charge in [-0.05, 0) is 18.6 Å². The van der Waals surface area contributed by atoms with Crippen LogP contribution in [0.4, 0.5) is 0 Å². The molecule has 0 unspecified atom stereocenters. The zero-order valence-electron chi connectivity index (χ0n) is 13.2. The lowest BCUT2D eigenvalue weighted by Gasteiger charge is -2.13. The molecule has 1 amide bonds. The van der Waals surface area contributed by atoms with Crippen LogP contribution in [0.15, 0.2) is 42.6 Å². The summed E-state index contributed by atoms with van der Waals surface area (Å²) in [7, 11) is -3.11. The summed E-state index contributed by atoms with van der Waals surface area (Å²) in [5.74, 6) is -0.0471. The number of carbonyl (C=O) groups excluding carboxylic acids is 1. The predicted octanol–water partition coefficient (Wildman–Crippen LogP) is 1.40. The number of hydrogen-bond donors (Lipinski definition) is 1. The SMILES string of the molecule is O=C(/C=C/c1cccc2cccnc12)NCCN1CCCS1(=O)=O. The van der Waals surface area contributed by atoms with E-state index < -0.39 is 10.0 Å². The number of fused-ring (bicyclic) bond motifs is 1. The fourth-order valence-corrected chi connectivity index (χ4v) is 4.26. The van der Waals surface area contributed by atoms with E-state index in [1.54, 1.807) is 12.3 Å². The minimum atomic E-state index is -3.11. The minimum absolute atomic E-state index is 0.203. The number of para-hydroxylation sites is 1. The Labute approximate surface area is 141 Å². The molecule has 7 heteroatoms. The Morgan fingerprint density at radius 3 is 2.92 bits per heavy atom. The van der Waals surface area contributed by atoms with Crippen molar-refractivity contribution in [1.82, 2.24) is 14.6 Å². The van der Waals surface area contributed by atoms with Gasteiger partial charge in [-0.2, -0.15) is 0 Å². The molecule has 1 fully saturated rings. The highest BCUT2D eigenvalue weighted by Crippen LogP contribution is 2.17. The number of benzene rings is 1. The standard InChI is InChI=1S/C17H19N3O3S/c21-16(18-10-12-20-11-3-13-24(20,22)23)8-7-15-5-1-4-14-6-2-9-19-17(14)15/h1-2,4-9H,3,10-13H2,(H,18,21)/b8-7+. The fraction of sp³-hybridized carbons (Fsp3) is 0.294. The van der Waals surface area contributed by atoms with Crippen molar-refractivity contribution < 1.29 is 13.2 Å². The van der Waals surface area contributed by atoms with Gasteiger partial charge in [-0.3, -0.25) is 9.78 Å². The van der Waals surface area contributed by atoms with Gasteiger partial charge in [0.15, 0.2) is 0 Å². The van der Waals surface area contributed by atoms with Gasteiger partial charge in [-0.25, -0.2) is 12.7 Å². The predicted molar refractivity (Wildman–Crippen MR) is 93.8 cm³/mol. The van der Waals surface area contributed by atoms with Crippen molar-refractivity contribution in [3.8, 4) is 0 Å². The molecule has 1 aliphatic heterocycles. The third kappa shape index (κ3) is 3.80. The van der Waals surface area contributed by atoms with Gasteiger partial charge in [0, 0.05) is 42.9 Å². The van der Waals surface area contributed by atoms with Crippen LogP contribution in [0.1, 0.15) is 12.0 Å². The van der Waals surface area contributed by atoms with Crippen molar-refractivity contribution in [3.63, 3.8) is 0 Å². The number of rotatable bonds is 5. The number of hydrogen-bond acceptors (Lipinski definition) is 4. The molecule has 1 aromatic heterocycles. The van der Waals surface area contributed by atoms with Crippen molar-refractivity contribution in [2.24, 2.45) is 0 Å². The average molecular weight is 345 g/mol. The summed E-state index contributed by atoms with van der Waals surface area (Å²) in [5.41, 5.74) is 1.71. The second-order valence-corrected chi connectivity index (χ2v) is 7.70. The van der Waals surface area contributed by atoms with Crippen LogP contribution in [0, 0.1) is 0 Å². The van der Waals surface area contributed by atoms with Gasteiger partial charge < -0.3 is 5.32 Å². The number of carbonyl (C=O) groups is 1. The Morgan fingerprint density at radius 2 is 2.12 bits per heavy atom. The first-order chi connectivity index (χ1) is 11.6. The molecular weight excluding hydrogens is 326 g/mol. The number of aromatic nitrogens is 1. The van der Waals surface area contributed by atoms with Gasteiger partial charge in [0.25, 0.3) is 0 Å².